The maximum Gasteiger partial charge on any atom is 0.258 e. The highest BCUT2D eigenvalue weighted by Crippen LogP contribution is 2.19. The average Bonchev–Trinajstić information content (AvgIpc) is 3.25. The van der Waals surface area contributed by atoms with Crippen LogP contribution in [0.25, 0.3) is 16.7 Å². The van der Waals surface area contributed by atoms with Gasteiger partial charge in [-0.2, -0.15) is 5.10 Å². The minimum Gasteiger partial charge on any atom is -0.372 e. The molecule has 0 amide bonds. The van der Waals surface area contributed by atoms with Crippen molar-refractivity contribution in [1.29, 1.82) is 0 Å². The number of para-hydroxylation sites is 1. The summed E-state index contributed by atoms with van der Waals surface area (Å²) < 4.78 is 7.43. The minimum atomic E-state index is -0.0480. The minimum absolute atomic E-state index is 0.0480. The van der Waals surface area contributed by atoms with Crippen LogP contribution in [0.4, 0.5) is 0 Å². The Kier molecular flexibility index (Phi) is 4.38. The lowest BCUT2D eigenvalue weighted by Gasteiger charge is -2.08. The predicted octanol–water partition coefficient (Wildman–Crippen LogP) is 1.26. The number of fused-ring (bicyclic) bond motifs is 1. The van der Waals surface area contributed by atoms with Gasteiger partial charge in [-0.3, -0.25) is 4.79 Å². The first-order valence-electron chi connectivity index (χ1n) is 8.82. The normalized spacial score (nSPS) is 17.4. The highest BCUT2D eigenvalue weighted by atomic mass is 16.5. The number of benzene rings is 1. The van der Waals surface area contributed by atoms with Crippen molar-refractivity contribution in [2.24, 2.45) is 0 Å². The van der Waals surface area contributed by atoms with Gasteiger partial charge in [0.1, 0.15) is 24.8 Å². The smallest absolute Gasteiger partial charge is 0.258 e. The molecule has 1 aliphatic heterocycles. The van der Waals surface area contributed by atoms with Gasteiger partial charge in [0.2, 0.25) is 0 Å². The van der Waals surface area contributed by atoms with E-state index < -0.39 is 0 Å². The number of ether oxygens (including phenoxy) is 1. The molecule has 3 N–H and O–H groups in total. The van der Waals surface area contributed by atoms with Crippen LogP contribution >= 0.6 is 0 Å². The van der Waals surface area contributed by atoms with Crippen LogP contribution in [0.1, 0.15) is 24.1 Å². The summed E-state index contributed by atoms with van der Waals surface area (Å²) in [6.07, 6.45) is 2.59. The van der Waals surface area contributed by atoms with E-state index in [2.05, 4.69) is 15.4 Å². The molecule has 6 heteroatoms. The number of aromatic nitrogens is 3. The molecule has 0 aliphatic carbocycles. The van der Waals surface area contributed by atoms with E-state index in [1.807, 2.05) is 43.3 Å². The molecule has 1 fully saturated rings. The van der Waals surface area contributed by atoms with Crippen LogP contribution in [0.3, 0.4) is 0 Å². The molecule has 6 nitrogen and oxygen atoms in total. The Morgan fingerprint density at radius 1 is 1.36 bits per heavy atom. The second-order valence-corrected chi connectivity index (χ2v) is 6.58. The second kappa shape index (κ2) is 6.82. The number of quaternary nitrogens is 1. The molecule has 0 unspecified atom stereocenters. The molecule has 130 valence electrons. The summed E-state index contributed by atoms with van der Waals surface area (Å²) in [5.41, 5.74) is 3.33. The number of hydrogen-bond acceptors (Lipinski definition) is 3. The van der Waals surface area contributed by atoms with E-state index in [0.29, 0.717) is 12.6 Å². The number of pyridine rings is 1. The van der Waals surface area contributed by atoms with Gasteiger partial charge in [0.05, 0.1) is 16.9 Å². The zero-order valence-corrected chi connectivity index (χ0v) is 14.4. The fraction of sp³-hybridized carbons (Fsp3) is 0.368. The maximum atomic E-state index is 12.5. The van der Waals surface area contributed by atoms with Gasteiger partial charge in [-0.25, -0.2) is 4.68 Å². The first-order chi connectivity index (χ1) is 12.2. The van der Waals surface area contributed by atoms with Crippen LogP contribution in [0.2, 0.25) is 0 Å². The van der Waals surface area contributed by atoms with E-state index in [-0.39, 0.29) is 5.56 Å². The monoisotopic (exact) mass is 339 g/mol. The number of hydrogen-bond donors (Lipinski definition) is 2. The predicted molar refractivity (Wildman–Crippen MR) is 95.9 cm³/mol. The Bertz CT molecular complexity index is 924. The van der Waals surface area contributed by atoms with Gasteiger partial charge in [0, 0.05) is 12.0 Å². The molecule has 0 radical (unpaired) electrons. The van der Waals surface area contributed by atoms with Gasteiger partial charge >= 0.3 is 0 Å². The van der Waals surface area contributed by atoms with Gasteiger partial charge in [-0.15, -0.1) is 0 Å². The molecular weight excluding hydrogens is 316 g/mol. The van der Waals surface area contributed by atoms with Crippen LogP contribution in [-0.4, -0.2) is 34.0 Å². The number of nitrogens with zero attached hydrogens (tertiary/aromatic N) is 2. The van der Waals surface area contributed by atoms with Gasteiger partial charge < -0.3 is 15.0 Å². The van der Waals surface area contributed by atoms with E-state index in [0.717, 1.165) is 54.0 Å². The van der Waals surface area contributed by atoms with Gasteiger partial charge in [0.15, 0.2) is 0 Å². The van der Waals surface area contributed by atoms with E-state index >= 15 is 0 Å². The summed E-state index contributed by atoms with van der Waals surface area (Å²) in [6.45, 7) is 4.39. The third-order valence-electron chi connectivity index (χ3n) is 4.77. The number of nitrogens with two attached hydrogens (primary N) is 1. The quantitative estimate of drug-likeness (QED) is 0.735. The van der Waals surface area contributed by atoms with E-state index in [9.17, 15) is 4.79 Å². The molecule has 1 saturated heterocycles. The molecule has 0 spiro atoms. The number of nitrogens with one attached hydrogen (secondary N) is 1. The third kappa shape index (κ3) is 3.23. The highest BCUT2D eigenvalue weighted by molar-refractivity contribution is 5.80. The largest absolute Gasteiger partial charge is 0.372 e. The number of rotatable bonds is 5. The van der Waals surface area contributed by atoms with Crippen molar-refractivity contribution in [3.8, 4) is 5.69 Å². The van der Waals surface area contributed by atoms with Crippen molar-refractivity contribution in [3.05, 3.63) is 58.0 Å². The van der Waals surface area contributed by atoms with E-state index in [4.69, 9.17) is 4.74 Å². The SMILES string of the molecule is Cc1nn(-c2ccccc2)c2[nH]c(=O)c(C[NH2+]C[C@H]3CCCO3)cc12. The first kappa shape index (κ1) is 16.1. The molecule has 25 heavy (non-hydrogen) atoms. The molecule has 1 aliphatic rings. The van der Waals surface area contributed by atoms with Crippen LogP contribution in [-0.2, 0) is 11.3 Å². The van der Waals surface area contributed by atoms with Crippen LogP contribution in [0, 0.1) is 6.92 Å². The maximum absolute atomic E-state index is 12.5. The molecular formula is C19H23N4O2+. The second-order valence-electron chi connectivity index (χ2n) is 6.58. The lowest BCUT2D eigenvalue weighted by atomic mass is 10.2. The Balaban J connectivity index is 1.61. The lowest BCUT2D eigenvalue weighted by molar-refractivity contribution is -0.676. The van der Waals surface area contributed by atoms with Crippen molar-refractivity contribution in [1.82, 2.24) is 14.8 Å². The van der Waals surface area contributed by atoms with Crippen LogP contribution < -0.4 is 10.9 Å². The average molecular weight is 339 g/mol. The fourth-order valence-corrected chi connectivity index (χ4v) is 3.42. The lowest BCUT2D eigenvalue weighted by Crippen LogP contribution is -2.85. The first-order valence-corrected chi connectivity index (χ1v) is 8.82. The van der Waals surface area contributed by atoms with E-state index in [1.54, 1.807) is 4.68 Å². The molecule has 2 aromatic heterocycles. The number of aromatic amines is 1. The van der Waals surface area contributed by atoms with Crippen LogP contribution in [0.5, 0.6) is 0 Å². The third-order valence-corrected chi connectivity index (χ3v) is 4.77. The number of H-pyrrole nitrogens is 1. The van der Waals surface area contributed by atoms with Crippen LogP contribution in [0.15, 0.2) is 41.2 Å². The Morgan fingerprint density at radius 3 is 2.96 bits per heavy atom. The molecule has 3 aromatic rings. The summed E-state index contributed by atoms with van der Waals surface area (Å²) in [5, 5.41) is 7.75. The fourth-order valence-electron chi connectivity index (χ4n) is 3.42. The summed E-state index contributed by atoms with van der Waals surface area (Å²) in [6, 6.07) is 11.8. The zero-order valence-electron chi connectivity index (χ0n) is 14.4. The standard InChI is InChI=1S/C19H22N4O2/c1-13-17-10-14(11-20-12-16-8-5-9-25-16)19(24)21-18(17)23(22-13)15-6-3-2-4-7-15/h2-4,6-7,10,16,20H,5,8-9,11-12H2,1H3,(H,21,24)/p+1/t16-/m1/s1. The van der Waals surface area contributed by atoms with Crippen molar-refractivity contribution < 1.29 is 10.1 Å². The Morgan fingerprint density at radius 2 is 2.20 bits per heavy atom. The summed E-state index contributed by atoms with van der Waals surface area (Å²) in [4.78, 5) is 15.5. The summed E-state index contributed by atoms with van der Waals surface area (Å²) >= 11 is 0. The molecule has 1 atom stereocenters. The van der Waals surface area contributed by atoms with Crippen molar-refractivity contribution >= 4 is 11.0 Å². The van der Waals surface area contributed by atoms with Gasteiger partial charge in [0.25, 0.3) is 5.56 Å². The summed E-state index contributed by atoms with van der Waals surface area (Å²) in [5.74, 6) is 0. The van der Waals surface area contributed by atoms with Crippen molar-refractivity contribution in [3.63, 3.8) is 0 Å². The molecule has 4 rings (SSSR count). The Labute approximate surface area is 145 Å². The zero-order chi connectivity index (χ0) is 17.2. The van der Waals surface area contributed by atoms with Crippen molar-refractivity contribution in [2.75, 3.05) is 13.2 Å². The van der Waals surface area contributed by atoms with Crippen molar-refractivity contribution in [2.45, 2.75) is 32.4 Å². The van der Waals surface area contributed by atoms with Gasteiger partial charge in [-0.05, 0) is 38.0 Å². The summed E-state index contributed by atoms with van der Waals surface area (Å²) in [7, 11) is 0. The molecule has 1 aromatic carbocycles. The molecule has 0 saturated carbocycles. The topological polar surface area (TPSA) is 76.5 Å². The van der Waals surface area contributed by atoms with Gasteiger partial charge in [-0.1, -0.05) is 18.2 Å². The molecule has 0 bridgehead atoms. The van der Waals surface area contributed by atoms with E-state index in [1.165, 1.54) is 0 Å². The molecule has 3 heterocycles. The highest BCUT2D eigenvalue weighted by Gasteiger charge is 2.18. The number of aryl methyl sites for hydroxylation is 1. The Hall–Kier alpha value is -2.44.